The van der Waals surface area contributed by atoms with E-state index in [0.717, 1.165) is 17.7 Å². The maximum Gasteiger partial charge on any atom is 0.416 e. The molecule has 4 rings (SSSR count). The lowest BCUT2D eigenvalue weighted by molar-refractivity contribution is -0.140. The van der Waals surface area contributed by atoms with Crippen LogP contribution in [0.15, 0.2) is 114 Å². The molecule has 0 spiro atoms. The molecule has 4 aromatic carbocycles. The van der Waals surface area contributed by atoms with Crippen LogP contribution in [0.1, 0.15) is 30.5 Å². The van der Waals surface area contributed by atoms with Crippen molar-refractivity contribution in [3.63, 3.8) is 0 Å². The number of nitrogens with one attached hydrogen (secondary N) is 1. The van der Waals surface area contributed by atoms with E-state index in [1.54, 1.807) is 68.4 Å². The molecule has 0 aromatic heterocycles. The van der Waals surface area contributed by atoms with Crippen molar-refractivity contribution in [3.8, 4) is 0 Å². The molecular formula is C34H33ClF3N3O4S. The van der Waals surface area contributed by atoms with Crippen molar-refractivity contribution in [2.24, 2.45) is 0 Å². The van der Waals surface area contributed by atoms with Gasteiger partial charge in [-0.3, -0.25) is 13.9 Å². The summed E-state index contributed by atoms with van der Waals surface area (Å²) in [6.45, 7) is 2.54. The number of amides is 2. The van der Waals surface area contributed by atoms with Crippen molar-refractivity contribution < 1.29 is 31.2 Å². The number of halogens is 4. The second-order valence-corrected chi connectivity index (χ2v) is 13.2. The largest absolute Gasteiger partial charge is 0.416 e. The zero-order chi connectivity index (χ0) is 33.5. The van der Waals surface area contributed by atoms with E-state index in [4.69, 9.17) is 11.6 Å². The highest BCUT2D eigenvalue weighted by Crippen LogP contribution is 2.33. The smallest absolute Gasteiger partial charge is 0.352 e. The first-order valence-electron chi connectivity index (χ1n) is 14.4. The number of sulfonamides is 1. The van der Waals surface area contributed by atoms with Gasteiger partial charge in [-0.05, 0) is 67.4 Å². The number of carbonyl (C=O) groups is 2. The Bertz CT molecular complexity index is 1740. The summed E-state index contributed by atoms with van der Waals surface area (Å²) in [6.07, 6.45) is -4.67. The Labute approximate surface area is 271 Å². The number of hydrogen-bond donors (Lipinski definition) is 1. The molecule has 0 saturated heterocycles. The normalized spacial score (nSPS) is 12.4. The van der Waals surface area contributed by atoms with Crippen LogP contribution < -0.4 is 9.62 Å². The monoisotopic (exact) mass is 671 g/mol. The highest BCUT2D eigenvalue weighted by Gasteiger charge is 2.36. The van der Waals surface area contributed by atoms with Gasteiger partial charge in [0.05, 0.1) is 16.1 Å². The van der Waals surface area contributed by atoms with Gasteiger partial charge in [0, 0.05) is 24.0 Å². The number of hydrogen-bond acceptors (Lipinski definition) is 4. The third-order valence-electron chi connectivity index (χ3n) is 7.04. The highest BCUT2D eigenvalue weighted by atomic mass is 35.5. The Hall–Kier alpha value is -4.35. The van der Waals surface area contributed by atoms with Gasteiger partial charge in [0.1, 0.15) is 12.6 Å². The van der Waals surface area contributed by atoms with Gasteiger partial charge in [0.25, 0.3) is 10.0 Å². The summed E-state index contributed by atoms with van der Waals surface area (Å²) in [4.78, 5) is 29.1. The van der Waals surface area contributed by atoms with Gasteiger partial charge in [0.15, 0.2) is 0 Å². The van der Waals surface area contributed by atoms with Gasteiger partial charge < -0.3 is 10.2 Å². The number of carbonyl (C=O) groups excluding carboxylic acids is 2. The van der Waals surface area contributed by atoms with E-state index in [2.05, 4.69) is 5.32 Å². The standard InChI is InChI=1S/C34H33ClF3N3O4S/c1-24(2)39-33(43)31(20-25-10-5-3-6-11-25)40(22-26-16-18-28(35)19-17-26)32(42)23-41(46(44,45)30-14-7-4-8-15-30)29-13-9-12-27(21-29)34(36,37)38/h3-19,21,24,31H,20,22-23H2,1-2H3,(H,39,43)/t31-/m1/s1. The first kappa shape index (κ1) is 34.5. The van der Waals surface area contributed by atoms with Gasteiger partial charge in [-0.15, -0.1) is 0 Å². The lowest BCUT2D eigenvalue weighted by Crippen LogP contribution is -2.54. The van der Waals surface area contributed by atoms with E-state index >= 15 is 0 Å². The van der Waals surface area contributed by atoms with Gasteiger partial charge in [-0.2, -0.15) is 13.2 Å². The summed E-state index contributed by atoms with van der Waals surface area (Å²) in [5.41, 5.74) is -0.0941. The summed E-state index contributed by atoms with van der Waals surface area (Å²) in [7, 11) is -4.55. The lowest BCUT2D eigenvalue weighted by atomic mass is 10.0. The second kappa shape index (κ2) is 14.8. The highest BCUT2D eigenvalue weighted by molar-refractivity contribution is 7.92. The summed E-state index contributed by atoms with van der Waals surface area (Å²) < 4.78 is 69.7. The Morgan fingerprint density at radius 3 is 2.02 bits per heavy atom. The molecule has 0 fully saturated rings. The zero-order valence-corrected chi connectivity index (χ0v) is 26.7. The van der Waals surface area contributed by atoms with Gasteiger partial charge in [-0.1, -0.05) is 78.3 Å². The van der Waals surface area contributed by atoms with Crippen molar-refractivity contribution in [1.29, 1.82) is 0 Å². The van der Waals surface area contributed by atoms with E-state index < -0.39 is 46.2 Å². The molecule has 242 valence electrons. The first-order valence-corrected chi connectivity index (χ1v) is 16.2. The maximum absolute atomic E-state index is 14.4. The third-order valence-corrected chi connectivity index (χ3v) is 9.08. The molecule has 1 atom stereocenters. The summed E-state index contributed by atoms with van der Waals surface area (Å²) in [5.74, 6) is -1.27. The first-order chi connectivity index (χ1) is 21.8. The molecule has 0 heterocycles. The molecule has 0 saturated carbocycles. The molecule has 4 aromatic rings. The molecule has 0 unspecified atom stereocenters. The predicted octanol–water partition coefficient (Wildman–Crippen LogP) is 6.72. The minimum atomic E-state index is -4.77. The van der Waals surface area contributed by atoms with Crippen LogP contribution in [-0.2, 0) is 38.8 Å². The minimum Gasteiger partial charge on any atom is -0.352 e. The van der Waals surface area contributed by atoms with Crippen LogP contribution in [0.4, 0.5) is 18.9 Å². The van der Waals surface area contributed by atoms with Crippen LogP contribution in [0.25, 0.3) is 0 Å². The number of benzene rings is 4. The Balaban J connectivity index is 1.83. The van der Waals surface area contributed by atoms with E-state index in [0.29, 0.717) is 21.0 Å². The molecule has 1 N–H and O–H groups in total. The molecule has 0 aliphatic rings. The fraction of sp³-hybridized carbons (Fsp3) is 0.235. The summed E-state index contributed by atoms with van der Waals surface area (Å²) in [5, 5.41) is 3.30. The molecule has 0 bridgehead atoms. The van der Waals surface area contributed by atoms with E-state index in [1.165, 1.54) is 35.2 Å². The fourth-order valence-corrected chi connectivity index (χ4v) is 6.36. The van der Waals surface area contributed by atoms with Crippen molar-refractivity contribution in [2.75, 3.05) is 10.8 Å². The van der Waals surface area contributed by atoms with Crippen LogP contribution in [0.5, 0.6) is 0 Å². The second-order valence-electron chi connectivity index (χ2n) is 10.9. The van der Waals surface area contributed by atoms with Crippen molar-refractivity contribution in [3.05, 3.63) is 131 Å². The quantitative estimate of drug-likeness (QED) is 0.181. The van der Waals surface area contributed by atoms with Gasteiger partial charge in [0.2, 0.25) is 11.8 Å². The van der Waals surface area contributed by atoms with Crippen molar-refractivity contribution >= 4 is 39.1 Å². The predicted molar refractivity (Wildman–Crippen MR) is 172 cm³/mol. The maximum atomic E-state index is 14.4. The summed E-state index contributed by atoms with van der Waals surface area (Å²) >= 11 is 6.08. The van der Waals surface area contributed by atoms with Crippen LogP contribution in [-0.4, -0.2) is 43.8 Å². The average molecular weight is 672 g/mol. The van der Waals surface area contributed by atoms with Crippen LogP contribution >= 0.6 is 11.6 Å². The van der Waals surface area contributed by atoms with E-state index in [9.17, 15) is 31.2 Å². The Morgan fingerprint density at radius 1 is 0.826 bits per heavy atom. The van der Waals surface area contributed by atoms with Crippen LogP contribution in [0, 0.1) is 0 Å². The molecule has 2 amide bonds. The van der Waals surface area contributed by atoms with Gasteiger partial charge in [-0.25, -0.2) is 8.42 Å². The third kappa shape index (κ3) is 8.88. The number of alkyl halides is 3. The van der Waals surface area contributed by atoms with Crippen LogP contribution in [0.3, 0.4) is 0 Å². The molecule has 0 radical (unpaired) electrons. The molecule has 7 nitrogen and oxygen atoms in total. The molecule has 0 aliphatic carbocycles. The number of nitrogens with zero attached hydrogens (tertiary/aromatic N) is 2. The molecule has 46 heavy (non-hydrogen) atoms. The number of anilines is 1. The topological polar surface area (TPSA) is 86.8 Å². The van der Waals surface area contributed by atoms with Crippen molar-refractivity contribution in [2.45, 2.75) is 50.0 Å². The minimum absolute atomic E-state index is 0.0910. The van der Waals surface area contributed by atoms with Gasteiger partial charge >= 0.3 is 6.18 Å². The van der Waals surface area contributed by atoms with Crippen LogP contribution in [0.2, 0.25) is 5.02 Å². The van der Waals surface area contributed by atoms with E-state index in [1.807, 2.05) is 6.07 Å². The molecule has 12 heteroatoms. The Morgan fingerprint density at radius 2 is 1.43 bits per heavy atom. The average Bonchev–Trinajstić information content (AvgIpc) is 3.02. The van der Waals surface area contributed by atoms with E-state index in [-0.39, 0.29) is 29.6 Å². The summed E-state index contributed by atoms with van der Waals surface area (Å²) in [6, 6.07) is 25.1. The number of rotatable bonds is 12. The zero-order valence-electron chi connectivity index (χ0n) is 25.1. The Kier molecular flexibility index (Phi) is 11.1. The van der Waals surface area contributed by atoms with Crippen molar-refractivity contribution in [1.82, 2.24) is 10.2 Å². The fourth-order valence-electron chi connectivity index (χ4n) is 4.81. The molecule has 0 aliphatic heterocycles. The SMILES string of the molecule is CC(C)NC(=O)[C@@H](Cc1ccccc1)N(Cc1ccc(Cl)cc1)C(=O)CN(c1cccc(C(F)(F)F)c1)S(=O)(=O)c1ccccc1. The molecular weight excluding hydrogens is 639 g/mol. The lowest BCUT2D eigenvalue weighted by Gasteiger charge is -2.34.